The lowest BCUT2D eigenvalue weighted by Crippen LogP contribution is -2.02. The third kappa shape index (κ3) is 2.12. The van der Waals surface area contributed by atoms with Crippen LogP contribution in [0.4, 0.5) is 5.69 Å². The first-order valence-electron chi connectivity index (χ1n) is 3.98. The molecule has 0 unspecified atom stereocenters. The lowest BCUT2D eigenvalue weighted by atomic mass is 10.0. The third-order valence-corrected chi connectivity index (χ3v) is 1.95. The highest BCUT2D eigenvalue weighted by Gasteiger charge is 2.11. The minimum Gasteiger partial charge on any atom is -0.478 e. The van der Waals surface area contributed by atoms with Crippen molar-refractivity contribution >= 4 is 17.9 Å². The Morgan fingerprint density at radius 3 is 2.73 bits per heavy atom. The smallest absolute Gasteiger partial charge is 0.335 e. The summed E-state index contributed by atoms with van der Waals surface area (Å²) in [6.07, 6.45) is 0.526. The van der Waals surface area contributed by atoms with E-state index >= 15 is 0 Å². The van der Waals surface area contributed by atoms with Gasteiger partial charge in [0.15, 0.2) is 0 Å². The van der Waals surface area contributed by atoms with Gasteiger partial charge in [-0.1, -0.05) is 5.11 Å². The molecule has 0 bridgehead atoms. The van der Waals surface area contributed by atoms with Crippen molar-refractivity contribution in [2.24, 2.45) is 5.11 Å². The van der Waals surface area contributed by atoms with Gasteiger partial charge in [-0.2, -0.15) is 0 Å². The lowest BCUT2D eigenvalue weighted by molar-refractivity contribution is 0.0696. The van der Waals surface area contributed by atoms with Crippen LogP contribution in [0.15, 0.2) is 17.2 Å². The summed E-state index contributed by atoms with van der Waals surface area (Å²) in [7, 11) is 0. The van der Waals surface area contributed by atoms with Gasteiger partial charge in [0.1, 0.15) is 6.29 Å². The van der Waals surface area contributed by atoms with E-state index < -0.39 is 5.97 Å². The van der Waals surface area contributed by atoms with E-state index in [0.29, 0.717) is 11.8 Å². The van der Waals surface area contributed by atoms with Gasteiger partial charge in [-0.15, -0.1) is 0 Å². The number of aldehydes is 1. The number of nitrogens with zero attached hydrogens (tertiary/aromatic N) is 3. The van der Waals surface area contributed by atoms with Crippen LogP contribution in [-0.4, -0.2) is 17.4 Å². The van der Waals surface area contributed by atoms with Crippen molar-refractivity contribution in [3.63, 3.8) is 0 Å². The lowest BCUT2D eigenvalue weighted by Gasteiger charge is -2.04. The molecular formula is C9H7N3O3. The van der Waals surface area contributed by atoms with Crippen molar-refractivity contribution in [1.82, 2.24) is 0 Å². The Hall–Kier alpha value is -2.33. The fourth-order valence-corrected chi connectivity index (χ4v) is 1.17. The molecule has 0 spiro atoms. The molecule has 0 aliphatic heterocycles. The first-order valence-corrected chi connectivity index (χ1v) is 3.98. The normalized spacial score (nSPS) is 9.13. The number of carboxylic acids is 1. The molecule has 0 amide bonds. The third-order valence-electron chi connectivity index (χ3n) is 1.95. The second-order valence-electron chi connectivity index (χ2n) is 2.82. The summed E-state index contributed by atoms with van der Waals surface area (Å²) in [6.45, 7) is 1.52. The second kappa shape index (κ2) is 4.26. The average Bonchev–Trinajstić information content (AvgIpc) is 2.20. The van der Waals surface area contributed by atoms with Gasteiger partial charge in [0.05, 0.1) is 5.56 Å². The molecule has 1 N–H and O–H groups in total. The number of benzene rings is 1. The fourth-order valence-electron chi connectivity index (χ4n) is 1.17. The van der Waals surface area contributed by atoms with Gasteiger partial charge < -0.3 is 5.11 Å². The largest absolute Gasteiger partial charge is 0.478 e. The molecule has 0 radical (unpaired) electrons. The first kappa shape index (κ1) is 10.7. The molecule has 6 nitrogen and oxygen atoms in total. The SMILES string of the molecule is Cc1c(C=O)cc(N=[N+]=[N-])cc1C(=O)O. The zero-order valence-corrected chi connectivity index (χ0v) is 7.84. The monoisotopic (exact) mass is 205 g/mol. The molecule has 0 atom stereocenters. The number of carbonyl (C=O) groups excluding carboxylic acids is 1. The van der Waals surface area contributed by atoms with Crippen LogP contribution in [0.1, 0.15) is 26.3 Å². The Morgan fingerprint density at radius 1 is 1.60 bits per heavy atom. The maximum absolute atomic E-state index is 10.8. The van der Waals surface area contributed by atoms with E-state index in [2.05, 4.69) is 10.0 Å². The standard InChI is InChI=1S/C9H7N3O3/c1-5-6(4-13)2-7(11-12-10)3-8(5)9(14)15/h2-4H,1H3,(H,14,15). The molecule has 0 heterocycles. The highest BCUT2D eigenvalue weighted by atomic mass is 16.4. The van der Waals surface area contributed by atoms with Gasteiger partial charge in [-0.05, 0) is 30.2 Å². The average molecular weight is 205 g/mol. The zero-order valence-electron chi connectivity index (χ0n) is 7.84. The Kier molecular flexibility index (Phi) is 3.05. The molecule has 15 heavy (non-hydrogen) atoms. The maximum atomic E-state index is 10.8. The summed E-state index contributed by atoms with van der Waals surface area (Å²) in [5.41, 5.74) is 8.84. The fraction of sp³-hybridized carbons (Fsp3) is 0.111. The topological polar surface area (TPSA) is 103 Å². The molecule has 1 aromatic rings. The highest BCUT2D eigenvalue weighted by Crippen LogP contribution is 2.21. The van der Waals surface area contributed by atoms with Crippen LogP contribution < -0.4 is 0 Å². The van der Waals surface area contributed by atoms with Crippen molar-refractivity contribution in [3.8, 4) is 0 Å². The molecule has 0 aliphatic carbocycles. The van der Waals surface area contributed by atoms with Gasteiger partial charge in [0, 0.05) is 16.2 Å². The Morgan fingerprint density at radius 2 is 2.27 bits per heavy atom. The van der Waals surface area contributed by atoms with E-state index in [9.17, 15) is 9.59 Å². The number of aromatic carboxylic acids is 1. The maximum Gasteiger partial charge on any atom is 0.335 e. The molecular weight excluding hydrogens is 198 g/mol. The van der Waals surface area contributed by atoms with Crippen molar-refractivity contribution < 1.29 is 14.7 Å². The van der Waals surface area contributed by atoms with Crippen LogP contribution in [-0.2, 0) is 0 Å². The predicted molar refractivity (Wildman–Crippen MR) is 52.3 cm³/mol. The van der Waals surface area contributed by atoms with Gasteiger partial charge in [0.25, 0.3) is 0 Å². The summed E-state index contributed by atoms with van der Waals surface area (Å²) in [6, 6.07) is 2.57. The molecule has 76 valence electrons. The van der Waals surface area contributed by atoms with Crippen LogP contribution >= 0.6 is 0 Å². The van der Waals surface area contributed by atoms with Gasteiger partial charge >= 0.3 is 5.97 Å². The van der Waals surface area contributed by atoms with E-state index in [1.807, 2.05) is 0 Å². The summed E-state index contributed by atoms with van der Waals surface area (Å²) in [5, 5.41) is 12.1. The first-order chi connectivity index (χ1) is 7.10. The summed E-state index contributed by atoms with van der Waals surface area (Å²) in [5.74, 6) is -1.16. The van der Waals surface area contributed by atoms with Crippen molar-refractivity contribution in [2.45, 2.75) is 6.92 Å². The van der Waals surface area contributed by atoms with E-state index in [0.717, 1.165) is 0 Å². The van der Waals surface area contributed by atoms with E-state index in [1.54, 1.807) is 0 Å². The van der Waals surface area contributed by atoms with E-state index in [4.69, 9.17) is 10.6 Å². The quantitative estimate of drug-likeness (QED) is 0.354. The van der Waals surface area contributed by atoms with Crippen LogP contribution in [0, 0.1) is 6.92 Å². The van der Waals surface area contributed by atoms with E-state index in [-0.39, 0.29) is 16.8 Å². The molecule has 0 fully saturated rings. The van der Waals surface area contributed by atoms with Gasteiger partial charge in [0.2, 0.25) is 0 Å². The van der Waals surface area contributed by atoms with Crippen LogP contribution in [0.3, 0.4) is 0 Å². The van der Waals surface area contributed by atoms with Crippen LogP contribution in [0.5, 0.6) is 0 Å². The van der Waals surface area contributed by atoms with Crippen molar-refractivity contribution in [3.05, 3.63) is 39.3 Å². The molecule has 0 saturated carbocycles. The van der Waals surface area contributed by atoms with Gasteiger partial charge in [-0.25, -0.2) is 4.79 Å². The minimum absolute atomic E-state index is 0.0398. The Balaban J connectivity index is 3.51. The summed E-state index contributed by atoms with van der Waals surface area (Å²) >= 11 is 0. The molecule has 0 aromatic heterocycles. The molecule has 1 rings (SSSR count). The minimum atomic E-state index is -1.16. The summed E-state index contributed by atoms with van der Waals surface area (Å²) in [4.78, 5) is 24.0. The van der Waals surface area contributed by atoms with Crippen LogP contribution in [0.2, 0.25) is 0 Å². The van der Waals surface area contributed by atoms with Crippen molar-refractivity contribution in [2.75, 3.05) is 0 Å². The van der Waals surface area contributed by atoms with E-state index in [1.165, 1.54) is 19.1 Å². The number of rotatable bonds is 3. The number of carboxylic acid groups (broad SMARTS) is 1. The Bertz CT molecular complexity index is 476. The number of carbonyl (C=O) groups is 2. The molecule has 0 aliphatic rings. The number of hydrogen-bond donors (Lipinski definition) is 1. The second-order valence-corrected chi connectivity index (χ2v) is 2.82. The van der Waals surface area contributed by atoms with Crippen molar-refractivity contribution in [1.29, 1.82) is 0 Å². The highest BCUT2D eigenvalue weighted by molar-refractivity contribution is 5.94. The summed E-state index contributed by atoms with van der Waals surface area (Å²) < 4.78 is 0. The molecule has 1 aromatic carbocycles. The molecule has 0 saturated heterocycles. The zero-order chi connectivity index (χ0) is 11.4. The Labute approximate surface area is 84.8 Å². The number of azide groups is 1. The predicted octanol–water partition coefficient (Wildman–Crippen LogP) is 2.45. The van der Waals surface area contributed by atoms with Crippen LogP contribution in [0.25, 0.3) is 10.4 Å². The number of hydrogen-bond acceptors (Lipinski definition) is 3. The van der Waals surface area contributed by atoms with Gasteiger partial charge in [-0.3, -0.25) is 4.79 Å². The molecule has 6 heteroatoms.